The average molecular weight is 433 g/mol. The highest BCUT2D eigenvalue weighted by atomic mass is 35.5. The minimum atomic E-state index is -2.79. The molecule has 0 N–H and O–H groups in total. The molecule has 0 aliphatic heterocycles. The van der Waals surface area contributed by atoms with Gasteiger partial charge in [0.2, 0.25) is 11.0 Å². The largest absolute Gasteiger partial charge is 0.484 e. The zero-order valence-corrected chi connectivity index (χ0v) is 16.1. The molecule has 27 heavy (non-hydrogen) atoms. The van der Waals surface area contributed by atoms with E-state index in [0.29, 0.717) is 27.3 Å². The smallest absolute Gasteiger partial charge is 0.299 e. The molecule has 0 aliphatic rings. The standard InChI is InChI=1S/C16H12Cl2F2N4O2S/c1-27-16-23-22-15(14(19)20)24(16)21-7-10-3-4-11(26-10)8-25-13-5-2-9(17)6-12(13)18/h2-7,14H,8H2,1H3/b21-7+. The molecule has 2 heterocycles. The van der Waals surface area contributed by atoms with E-state index in [0.717, 1.165) is 16.4 Å². The normalized spacial score (nSPS) is 11.6. The molecule has 0 unspecified atom stereocenters. The first-order valence-corrected chi connectivity index (χ1v) is 9.44. The highest BCUT2D eigenvalue weighted by Gasteiger charge is 2.19. The Morgan fingerprint density at radius 2 is 2.11 bits per heavy atom. The molecule has 3 rings (SSSR count). The molecule has 0 bridgehead atoms. The number of hydrogen-bond donors (Lipinski definition) is 0. The van der Waals surface area contributed by atoms with E-state index in [1.165, 1.54) is 6.21 Å². The van der Waals surface area contributed by atoms with Gasteiger partial charge in [0, 0.05) is 5.02 Å². The van der Waals surface area contributed by atoms with Crippen LogP contribution in [-0.4, -0.2) is 27.3 Å². The van der Waals surface area contributed by atoms with Crippen LogP contribution in [-0.2, 0) is 6.61 Å². The Kier molecular flexibility index (Phi) is 6.35. The molecule has 1 aromatic carbocycles. The second-order valence-electron chi connectivity index (χ2n) is 5.07. The van der Waals surface area contributed by atoms with Gasteiger partial charge in [-0.2, -0.15) is 9.78 Å². The maximum absolute atomic E-state index is 13.0. The summed E-state index contributed by atoms with van der Waals surface area (Å²) in [4.78, 5) is 0. The molecule has 0 spiro atoms. The van der Waals surface area contributed by atoms with Gasteiger partial charge < -0.3 is 9.15 Å². The highest BCUT2D eigenvalue weighted by molar-refractivity contribution is 7.98. The summed E-state index contributed by atoms with van der Waals surface area (Å²) in [6, 6.07) is 8.20. The Bertz CT molecular complexity index is 962. The summed E-state index contributed by atoms with van der Waals surface area (Å²) in [5.74, 6) is 0.786. The maximum atomic E-state index is 13.0. The van der Waals surface area contributed by atoms with Gasteiger partial charge in [0.15, 0.2) is 0 Å². The lowest BCUT2D eigenvalue weighted by Crippen LogP contribution is -2.00. The number of nitrogens with zero attached hydrogens (tertiary/aromatic N) is 4. The highest BCUT2D eigenvalue weighted by Crippen LogP contribution is 2.28. The summed E-state index contributed by atoms with van der Waals surface area (Å²) < 4.78 is 38.0. The van der Waals surface area contributed by atoms with Crippen LogP contribution >= 0.6 is 35.0 Å². The van der Waals surface area contributed by atoms with Crippen molar-refractivity contribution in [1.29, 1.82) is 0 Å². The van der Waals surface area contributed by atoms with Gasteiger partial charge in [-0.1, -0.05) is 35.0 Å². The lowest BCUT2D eigenvalue weighted by Gasteiger charge is -2.06. The van der Waals surface area contributed by atoms with Gasteiger partial charge in [0.1, 0.15) is 23.9 Å². The van der Waals surface area contributed by atoms with Gasteiger partial charge in [-0.15, -0.1) is 10.2 Å². The van der Waals surface area contributed by atoms with Crippen molar-refractivity contribution in [2.75, 3.05) is 6.26 Å². The summed E-state index contributed by atoms with van der Waals surface area (Å²) in [5.41, 5.74) is 0. The fraction of sp³-hybridized carbons (Fsp3) is 0.188. The lowest BCUT2D eigenvalue weighted by molar-refractivity contribution is 0.135. The third-order valence-electron chi connectivity index (χ3n) is 3.26. The Balaban J connectivity index is 1.69. The van der Waals surface area contributed by atoms with Gasteiger partial charge >= 0.3 is 0 Å². The van der Waals surface area contributed by atoms with Gasteiger partial charge in [0.25, 0.3) is 6.43 Å². The number of alkyl halides is 2. The van der Waals surface area contributed by atoms with Crippen molar-refractivity contribution < 1.29 is 17.9 Å². The van der Waals surface area contributed by atoms with Crippen molar-refractivity contribution in [2.24, 2.45) is 5.10 Å². The van der Waals surface area contributed by atoms with Crippen LogP contribution in [0.25, 0.3) is 0 Å². The van der Waals surface area contributed by atoms with E-state index >= 15 is 0 Å². The summed E-state index contributed by atoms with van der Waals surface area (Å²) >= 11 is 13.0. The van der Waals surface area contributed by atoms with E-state index in [4.69, 9.17) is 32.4 Å². The quantitative estimate of drug-likeness (QED) is 0.374. The predicted molar refractivity (Wildman–Crippen MR) is 99.3 cm³/mol. The fourth-order valence-electron chi connectivity index (χ4n) is 2.05. The molecule has 0 atom stereocenters. The van der Waals surface area contributed by atoms with Crippen molar-refractivity contribution in [3.8, 4) is 5.75 Å². The molecule has 3 aromatic rings. The minimum Gasteiger partial charge on any atom is -0.484 e. The minimum absolute atomic E-state index is 0.125. The molecule has 0 radical (unpaired) electrons. The number of hydrogen-bond acceptors (Lipinski definition) is 6. The second-order valence-corrected chi connectivity index (χ2v) is 6.69. The molecule has 0 fully saturated rings. The van der Waals surface area contributed by atoms with Crippen LogP contribution in [0.2, 0.25) is 10.0 Å². The maximum Gasteiger partial charge on any atom is 0.299 e. The number of benzene rings is 1. The SMILES string of the molecule is CSc1nnc(C(F)F)n1/N=C/c1ccc(COc2ccc(Cl)cc2Cl)o1. The molecule has 0 saturated carbocycles. The molecule has 6 nitrogen and oxygen atoms in total. The van der Waals surface area contributed by atoms with Gasteiger partial charge in [0.05, 0.1) is 11.2 Å². The summed E-state index contributed by atoms with van der Waals surface area (Å²) in [7, 11) is 0. The molecule has 2 aromatic heterocycles. The number of aromatic nitrogens is 3. The summed E-state index contributed by atoms with van der Waals surface area (Å²) in [6.07, 6.45) is 0.198. The van der Waals surface area contributed by atoms with Crippen LogP contribution in [0.5, 0.6) is 5.75 Å². The van der Waals surface area contributed by atoms with E-state index in [1.807, 2.05) is 0 Å². The first kappa shape index (κ1) is 19.7. The van der Waals surface area contributed by atoms with E-state index < -0.39 is 12.2 Å². The topological polar surface area (TPSA) is 65.4 Å². The summed E-state index contributed by atoms with van der Waals surface area (Å²) in [5, 5.41) is 12.2. The van der Waals surface area contributed by atoms with Crippen LogP contribution in [0.4, 0.5) is 8.78 Å². The fourth-order valence-corrected chi connectivity index (χ4v) is 2.95. The third-order valence-corrected chi connectivity index (χ3v) is 4.41. The third kappa shape index (κ3) is 4.79. The number of thioether (sulfide) groups is 1. The van der Waals surface area contributed by atoms with Crippen LogP contribution in [0.15, 0.2) is 45.0 Å². The molecule has 0 saturated heterocycles. The Morgan fingerprint density at radius 3 is 2.81 bits per heavy atom. The van der Waals surface area contributed by atoms with Crippen molar-refractivity contribution in [3.63, 3.8) is 0 Å². The van der Waals surface area contributed by atoms with Crippen molar-refractivity contribution >= 4 is 41.2 Å². The van der Waals surface area contributed by atoms with E-state index in [1.54, 1.807) is 36.6 Å². The number of furan rings is 1. The van der Waals surface area contributed by atoms with Gasteiger partial charge in [-0.3, -0.25) is 0 Å². The lowest BCUT2D eigenvalue weighted by atomic mass is 10.3. The first-order chi connectivity index (χ1) is 13.0. The van der Waals surface area contributed by atoms with E-state index in [-0.39, 0.29) is 11.8 Å². The van der Waals surface area contributed by atoms with Crippen molar-refractivity contribution in [1.82, 2.24) is 14.9 Å². The van der Waals surface area contributed by atoms with Crippen LogP contribution in [0.3, 0.4) is 0 Å². The first-order valence-electron chi connectivity index (χ1n) is 7.46. The molecule has 11 heteroatoms. The monoisotopic (exact) mass is 432 g/mol. The Morgan fingerprint density at radius 1 is 1.30 bits per heavy atom. The number of ether oxygens (including phenoxy) is 1. The summed E-state index contributed by atoms with van der Waals surface area (Å²) in [6.45, 7) is 0.125. The molecular weight excluding hydrogens is 421 g/mol. The number of halogens is 4. The molecular formula is C16H12Cl2F2N4O2S. The van der Waals surface area contributed by atoms with Crippen molar-refractivity contribution in [2.45, 2.75) is 18.2 Å². The zero-order chi connectivity index (χ0) is 19.4. The number of rotatable bonds is 7. The van der Waals surface area contributed by atoms with E-state index in [9.17, 15) is 8.78 Å². The molecule has 0 aliphatic carbocycles. The van der Waals surface area contributed by atoms with E-state index in [2.05, 4.69) is 15.3 Å². The van der Waals surface area contributed by atoms with Crippen LogP contribution in [0.1, 0.15) is 23.8 Å². The zero-order valence-electron chi connectivity index (χ0n) is 13.8. The van der Waals surface area contributed by atoms with Crippen molar-refractivity contribution in [3.05, 3.63) is 57.7 Å². The molecule has 0 amide bonds. The second kappa shape index (κ2) is 8.73. The van der Waals surface area contributed by atoms with Crippen LogP contribution in [0, 0.1) is 0 Å². The van der Waals surface area contributed by atoms with Crippen LogP contribution < -0.4 is 4.74 Å². The Hall–Kier alpha value is -2.10. The molecule has 142 valence electrons. The average Bonchev–Trinajstić information content (AvgIpc) is 3.25. The van der Waals surface area contributed by atoms with Gasteiger partial charge in [-0.05, 0) is 36.6 Å². The van der Waals surface area contributed by atoms with Gasteiger partial charge in [-0.25, -0.2) is 8.78 Å². The predicted octanol–water partition coefficient (Wildman–Crippen LogP) is 5.30. The Labute approximate surface area is 167 Å².